The van der Waals surface area contributed by atoms with Gasteiger partial charge in [0.05, 0.1) is 18.8 Å². The highest BCUT2D eigenvalue weighted by molar-refractivity contribution is 8.15. The second-order valence-electron chi connectivity index (χ2n) is 5.95. The molecule has 2 amide bonds. The topological polar surface area (TPSA) is 120 Å². The van der Waals surface area contributed by atoms with E-state index in [2.05, 4.69) is 10.3 Å². The van der Waals surface area contributed by atoms with E-state index in [0.29, 0.717) is 23.4 Å². The Hall–Kier alpha value is -1.91. The first-order valence-electron chi connectivity index (χ1n) is 8.03. The van der Waals surface area contributed by atoms with Gasteiger partial charge in [0.1, 0.15) is 10.3 Å². The average molecular weight is 397 g/mol. The Balaban J connectivity index is 1.78. The van der Waals surface area contributed by atoms with Crippen LogP contribution in [0, 0.1) is 0 Å². The molecule has 2 unspecified atom stereocenters. The molecule has 10 heteroatoms. The molecule has 26 heavy (non-hydrogen) atoms. The number of esters is 1. The number of methoxy groups -OCH3 is 2. The van der Waals surface area contributed by atoms with Crippen LogP contribution in [0.5, 0.6) is 0 Å². The number of anilines is 1. The van der Waals surface area contributed by atoms with Crippen LogP contribution in [0.2, 0.25) is 0 Å². The molecule has 0 spiro atoms. The van der Waals surface area contributed by atoms with E-state index in [9.17, 15) is 14.4 Å². The lowest BCUT2D eigenvalue weighted by Crippen LogP contribution is -2.23. The summed E-state index contributed by atoms with van der Waals surface area (Å²) in [7, 11) is 2.98. The first-order chi connectivity index (χ1) is 12.4. The van der Waals surface area contributed by atoms with Crippen LogP contribution >= 0.6 is 23.1 Å². The molecule has 0 radical (unpaired) electrons. The van der Waals surface area contributed by atoms with Gasteiger partial charge in [-0.2, -0.15) is 4.99 Å². The van der Waals surface area contributed by atoms with Gasteiger partial charge in [-0.25, -0.2) is 4.79 Å². The van der Waals surface area contributed by atoms with Gasteiger partial charge in [0.15, 0.2) is 5.17 Å². The summed E-state index contributed by atoms with van der Waals surface area (Å²) in [5.74, 6) is -1.26. The summed E-state index contributed by atoms with van der Waals surface area (Å²) in [5, 5.41) is 2.76. The van der Waals surface area contributed by atoms with E-state index in [0.717, 1.165) is 28.6 Å². The van der Waals surface area contributed by atoms with Crippen LogP contribution in [0.25, 0.3) is 0 Å². The zero-order valence-corrected chi connectivity index (χ0v) is 16.0. The van der Waals surface area contributed by atoms with E-state index in [4.69, 9.17) is 15.2 Å². The number of carbonyl (C=O) groups excluding carboxylic acids is 3. The minimum absolute atomic E-state index is 0.0580. The Bertz CT molecular complexity index is 789. The summed E-state index contributed by atoms with van der Waals surface area (Å²) in [5.41, 5.74) is 6.81. The van der Waals surface area contributed by atoms with Crippen molar-refractivity contribution in [2.45, 2.75) is 37.0 Å². The van der Waals surface area contributed by atoms with Crippen molar-refractivity contribution in [1.82, 2.24) is 0 Å². The van der Waals surface area contributed by atoms with Crippen LogP contribution in [0.4, 0.5) is 5.00 Å². The van der Waals surface area contributed by atoms with Crippen molar-refractivity contribution in [3.63, 3.8) is 0 Å². The zero-order valence-electron chi connectivity index (χ0n) is 14.4. The number of carbonyl (C=O) groups is 3. The number of hydrogen-bond acceptors (Lipinski definition) is 8. The summed E-state index contributed by atoms with van der Waals surface area (Å²) in [6, 6.07) is 0. The molecule has 0 bridgehead atoms. The number of hydrogen-bond donors (Lipinski definition) is 2. The highest BCUT2D eigenvalue weighted by Gasteiger charge is 2.32. The molecule has 2 atom stereocenters. The van der Waals surface area contributed by atoms with Gasteiger partial charge < -0.3 is 20.5 Å². The Labute approximate surface area is 158 Å². The summed E-state index contributed by atoms with van der Waals surface area (Å²) < 4.78 is 10.3. The van der Waals surface area contributed by atoms with E-state index in [1.165, 1.54) is 18.4 Å². The summed E-state index contributed by atoms with van der Waals surface area (Å²) >= 11 is 2.43. The van der Waals surface area contributed by atoms with Crippen LogP contribution in [0.15, 0.2) is 4.99 Å². The highest BCUT2D eigenvalue weighted by Crippen LogP contribution is 2.39. The van der Waals surface area contributed by atoms with Crippen molar-refractivity contribution < 1.29 is 23.9 Å². The molecule has 0 saturated carbocycles. The second kappa shape index (κ2) is 7.77. The van der Waals surface area contributed by atoms with Crippen molar-refractivity contribution in [2.24, 2.45) is 10.7 Å². The number of thioether (sulfide) groups is 1. The van der Waals surface area contributed by atoms with Crippen molar-refractivity contribution >= 4 is 51.1 Å². The van der Waals surface area contributed by atoms with Gasteiger partial charge in [-0.1, -0.05) is 11.8 Å². The number of ether oxygens (including phenoxy) is 2. The summed E-state index contributed by atoms with van der Waals surface area (Å²) in [6.07, 6.45) is 2.23. The minimum atomic E-state index is -0.621. The molecule has 1 aromatic heterocycles. The molecule has 1 aliphatic carbocycles. The second-order valence-corrected chi connectivity index (χ2v) is 8.28. The third-order valence-electron chi connectivity index (χ3n) is 4.33. The number of aliphatic imine (C=N–C) groups is 1. The van der Waals surface area contributed by atoms with Crippen molar-refractivity contribution in [3.05, 3.63) is 16.0 Å². The molecule has 0 fully saturated rings. The summed E-state index contributed by atoms with van der Waals surface area (Å²) in [4.78, 5) is 40.9. The first kappa shape index (κ1) is 18.9. The lowest BCUT2D eigenvalue weighted by molar-refractivity contribution is -0.121. The Morgan fingerprint density at radius 2 is 2.15 bits per heavy atom. The Morgan fingerprint density at radius 3 is 2.77 bits per heavy atom. The normalized spacial score (nSPS) is 21.9. The predicted octanol–water partition coefficient (Wildman–Crippen LogP) is 1.32. The maximum absolute atomic E-state index is 12.4. The fourth-order valence-corrected chi connectivity index (χ4v) is 5.18. The number of amides is 2. The van der Waals surface area contributed by atoms with Crippen LogP contribution in [-0.2, 0) is 31.9 Å². The van der Waals surface area contributed by atoms with E-state index in [-0.39, 0.29) is 23.6 Å². The van der Waals surface area contributed by atoms with Gasteiger partial charge in [-0.3, -0.25) is 9.59 Å². The van der Waals surface area contributed by atoms with Crippen LogP contribution < -0.4 is 11.1 Å². The monoisotopic (exact) mass is 397 g/mol. The number of fused-ring (bicyclic) bond motifs is 1. The lowest BCUT2D eigenvalue weighted by Gasteiger charge is -2.20. The van der Waals surface area contributed by atoms with Gasteiger partial charge in [0.2, 0.25) is 5.91 Å². The van der Waals surface area contributed by atoms with Crippen LogP contribution in [-0.4, -0.2) is 48.5 Å². The number of nitrogens with one attached hydrogen (secondary N) is 1. The molecule has 3 rings (SSSR count). The van der Waals surface area contributed by atoms with Gasteiger partial charge in [-0.05, 0) is 18.4 Å². The number of nitrogens with two attached hydrogens (primary N) is 1. The number of nitrogens with zero attached hydrogens (tertiary/aromatic N) is 1. The quantitative estimate of drug-likeness (QED) is 0.719. The number of amidine groups is 1. The van der Waals surface area contributed by atoms with Gasteiger partial charge in [0.25, 0.3) is 5.91 Å². The molecule has 2 aliphatic rings. The molecule has 1 aromatic rings. The molecule has 1 aliphatic heterocycles. The number of rotatable bonds is 5. The third-order valence-corrected chi connectivity index (χ3v) is 6.48. The fraction of sp³-hybridized carbons (Fsp3) is 0.500. The van der Waals surface area contributed by atoms with E-state index in [1.807, 2.05) is 0 Å². The molecule has 3 N–H and O–H groups in total. The predicted molar refractivity (Wildman–Crippen MR) is 99.7 cm³/mol. The maximum atomic E-state index is 12.4. The van der Waals surface area contributed by atoms with E-state index in [1.54, 1.807) is 7.11 Å². The summed E-state index contributed by atoms with van der Waals surface area (Å²) in [6.45, 7) is 0. The SMILES string of the molecule is COC(=O)c1c(NC(=O)CC2SC(N)=NC2=O)sc2c1CCC(OC)C2. The largest absolute Gasteiger partial charge is 0.465 e. The molecule has 0 saturated heterocycles. The molecule has 8 nitrogen and oxygen atoms in total. The highest BCUT2D eigenvalue weighted by atomic mass is 32.2. The zero-order chi connectivity index (χ0) is 18.8. The standard InChI is InChI=1S/C16H19N3O5S2/c1-23-7-3-4-8-9(5-7)25-14(12(8)15(22)24-2)18-11(20)6-10-13(21)19-16(17)26-10/h7,10H,3-6H2,1-2H3,(H,18,20)(H2,17,19,21). The van der Waals surface area contributed by atoms with Crippen LogP contribution in [0.1, 0.15) is 33.6 Å². The van der Waals surface area contributed by atoms with Gasteiger partial charge >= 0.3 is 5.97 Å². The minimum Gasteiger partial charge on any atom is -0.465 e. The molecular weight excluding hydrogens is 378 g/mol. The smallest absolute Gasteiger partial charge is 0.341 e. The van der Waals surface area contributed by atoms with Gasteiger partial charge in [0, 0.05) is 24.8 Å². The Kier molecular flexibility index (Phi) is 5.64. The first-order valence-corrected chi connectivity index (χ1v) is 9.72. The Morgan fingerprint density at radius 1 is 1.38 bits per heavy atom. The average Bonchev–Trinajstić information content (AvgIpc) is 3.12. The molecule has 2 heterocycles. The van der Waals surface area contributed by atoms with Crippen molar-refractivity contribution in [2.75, 3.05) is 19.5 Å². The lowest BCUT2D eigenvalue weighted by atomic mass is 9.93. The fourth-order valence-electron chi connectivity index (χ4n) is 3.04. The maximum Gasteiger partial charge on any atom is 0.341 e. The van der Waals surface area contributed by atoms with Crippen LogP contribution in [0.3, 0.4) is 0 Å². The van der Waals surface area contributed by atoms with E-state index < -0.39 is 17.1 Å². The molecule has 0 aromatic carbocycles. The number of thiophene rings is 1. The molecular formula is C16H19N3O5S2. The van der Waals surface area contributed by atoms with E-state index >= 15 is 0 Å². The van der Waals surface area contributed by atoms with Crippen molar-refractivity contribution in [3.8, 4) is 0 Å². The third kappa shape index (κ3) is 3.76. The van der Waals surface area contributed by atoms with Crippen molar-refractivity contribution in [1.29, 1.82) is 0 Å². The van der Waals surface area contributed by atoms with Gasteiger partial charge in [-0.15, -0.1) is 11.3 Å². The molecule has 140 valence electrons.